The van der Waals surface area contributed by atoms with E-state index in [9.17, 15) is 0 Å². The van der Waals surface area contributed by atoms with Crippen molar-refractivity contribution in [3.63, 3.8) is 0 Å². The monoisotopic (exact) mass is 244 g/mol. The average Bonchev–Trinajstić information content (AvgIpc) is 2.66. The molecule has 1 aliphatic heterocycles. The molecule has 0 spiro atoms. The summed E-state index contributed by atoms with van der Waals surface area (Å²) in [7, 11) is 1.97. The van der Waals surface area contributed by atoms with Gasteiger partial charge in [0.25, 0.3) is 0 Å². The summed E-state index contributed by atoms with van der Waals surface area (Å²) in [6, 6.07) is 4.34. The van der Waals surface area contributed by atoms with Gasteiger partial charge in [0, 0.05) is 24.4 Å². The predicted molar refractivity (Wildman–Crippen MR) is 72.7 cm³/mol. The Kier molecular flexibility index (Phi) is 2.63. The lowest BCUT2D eigenvalue weighted by atomic mass is 9.79. The number of fused-ring (bicyclic) bond motifs is 1. The van der Waals surface area contributed by atoms with Crippen LogP contribution < -0.4 is 5.32 Å². The molecular formula is C14H20N4. The lowest BCUT2D eigenvalue weighted by Gasteiger charge is -2.33. The summed E-state index contributed by atoms with van der Waals surface area (Å²) in [6.07, 6.45) is 2.43. The molecule has 3 rings (SSSR count). The van der Waals surface area contributed by atoms with E-state index >= 15 is 0 Å². The van der Waals surface area contributed by atoms with Crippen molar-refractivity contribution < 1.29 is 0 Å². The van der Waals surface area contributed by atoms with Gasteiger partial charge in [-0.25, -0.2) is 4.98 Å². The van der Waals surface area contributed by atoms with Gasteiger partial charge in [-0.05, 0) is 38.4 Å². The van der Waals surface area contributed by atoms with Gasteiger partial charge in [-0.3, -0.25) is 4.68 Å². The van der Waals surface area contributed by atoms with Crippen molar-refractivity contribution in [1.82, 2.24) is 20.1 Å². The van der Waals surface area contributed by atoms with E-state index in [0.717, 1.165) is 29.8 Å². The molecule has 1 saturated heterocycles. The Morgan fingerprint density at radius 1 is 1.39 bits per heavy atom. The Morgan fingerprint density at radius 3 is 2.94 bits per heavy atom. The van der Waals surface area contributed by atoms with Crippen LogP contribution in [0.4, 0.5) is 0 Å². The Labute approximate surface area is 107 Å². The van der Waals surface area contributed by atoms with Crippen LogP contribution in [0.5, 0.6) is 0 Å². The van der Waals surface area contributed by atoms with Crippen LogP contribution in [-0.2, 0) is 12.5 Å². The van der Waals surface area contributed by atoms with Crippen LogP contribution in [0.15, 0.2) is 12.1 Å². The molecule has 0 radical (unpaired) electrons. The number of rotatable bonds is 1. The van der Waals surface area contributed by atoms with E-state index < -0.39 is 0 Å². The summed E-state index contributed by atoms with van der Waals surface area (Å²) in [4.78, 5) is 4.85. The number of hydrogen-bond acceptors (Lipinski definition) is 3. The van der Waals surface area contributed by atoms with Crippen molar-refractivity contribution in [2.24, 2.45) is 7.05 Å². The molecule has 2 aromatic heterocycles. The molecule has 1 unspecified atom stereocenters. The highest BCUT2D eigenvalue weighted by Gasteiger charge is 2.30. The van der Waals surface area contributed by atoms with Gasteiger partial charge in [0.05, 0.1) is 11.4 Å². The fraction of sp³-hybridized carbons (Fsp3) is 0.571. The minimum absolute atomic E-state index is 0.157. The zero-order chi connectivity index (χ0) is 12.8. The minimum Gasteiger partial charge on any atom is -0.316 e. The molecule has 0 amide bonds. The van der Waals surface area contributed by atoms with E-state index in [0.29, 0.717) is 0 Å². The first-order chi connectivity index (χ1) is 8.60. The van der Waals surface area contributed by atoms with E-state index in [1.807, 2.05) is 18.7 Å². The van der Waals surface area contributed by atoms with E-state index in [1.165, 1.54) is 18.5 Å². The number of aromatic nitrogens is 3. The normalized spacial score (nSPS) is 24.6. The average molecular weight is 244 g/mol. The van der Waals surface area contributed by atoms with E-state index in [1.54, 1.807) is 0 Å². The van der Waals surface area contributed by atoms with Gasteiger partial charge in [0.15, 0.2) is 5.65 Å². The first-order valence-electron chi connectivity index (χ1n) is 6.62. The van der Waals surface area contributed by atoms with Crippen LogP contribution in [0.25, 0.3) is 11.0 Å². The first kappa shape index (κ1) is 11.7. The summed E-state index contributed by atoms with van der Waals surface area (Å²) in [5.41, 5.74) is 3.39. The van der Waals surface area contributed by atoms with Crippen molar-refractivity contribution in [2.45, 2.75) is 32.1 Å². The quantitative estimate of drug-likeness (QED) is 0.833. The molecule has 2 aromatic rings. The van der Waals surface area contributed by atoms with E-state index in [2.05, 4.69) is 29.5 Å². The third kappa shape index (κ3) is 1.72. The van der Waals surface area contributed by atoms with Crippen LogP contribution in [0.3, 0.4) is 0 Å². The molecule has 18 heavy (non-hydrogen) atoms. The molecule has 4 nitrogen and oxygen atoms in total. The second kappa shape index (κ2) is 4.05. The van der Waals surface area contributed by atoms with Crippen molar-refractivity contribution in [1.29, 1.82) is 0 Å². The Balaban J connectivity index is 2.10. The summed E-state index contributed by atoms with van der Waals surface area (Å²) >= 11 is 0. The number of pyridine rings is 1. The third-order valence-electron chi connectivity index (χ3n) is 4.09. The topological polar surface area (TPSA) is 42.7 Å². The van der Waals surface area contributed by atoms with Gasteiger partial charge in [0.2, 0.25) is 0 Å². The van der Waals surface area contributed by atoms with Gasteiger partial charge in [0.1, 0.15) is 0 Å². The molecule has 3 heterocycles. The fourth-order valence-corrected chi connectivity index (χ4v) is 2.91. The molecule has 0 saturated carbocycles. The van der Waals surface area contributed by atoms with E-state index in [4.69, 9.17) is 4.98 Å². The van der Waals surface area contributed by atoms with Crippen LogP contribution in [0.2, 0.25) is 0 Å². The lowest BCUT2D eigenvalue weighted by Crippen LogP contribution is -2.41. The van der Waals surface area contributed by atoms with Gasteiger partial charge in [-0.15, -0.1) is 0 Å². The number of nitrogens with one attached hydrogen (secondary N) is 1. The molecule has 4 heteroatoms. The summed E-state index contributed by atoms with van der Waals surface area (Å²) in [6.45, 7) is 6.48. The zero-order valence-electron chi connectivity index (χ0n) is 11.3. The summed E-state index contributed by atoms with van der Waals surface area (Å²) in [5, 5.41) is 9.08. The minimum atomic E-state index is 0.157. The molecule has 0 bridgehead atoms. The highest BCUT2D eigenvalue weighted by Crippen LogP contribution is 2.30. The first-order valence-corrected chi connectivity index (χ1v) is 6.62. The van der Waals surface area contributed by atoms with E-state index in [-0.39, 0.29) is 5.41 Å². The fourth-order valence-electron chi connectivity index (χ4n) is 2.91. The Morgan fingerprint density at radius 2 is 2.22 bits per heavy atom. The van der Waals surface area contributed by atoms with Crippen LogP contribution in [0.1, 0.15) is 31.2 Å². The molecule has 1 aliphatic rings. The molecule has 96 valence electrons. The summed E-state index contributed by atoms with van der Waals surface area (Å²) in [5.74, 6) is 0. The maximum Gasteiger partial charge on any atom is 0.158 e. The smallest absolute Gasteiger partial charge is 0.158 e. The molecular weight excluding hydrogens is 224 g/mol. The Bertz CT molecular complexity index is 579. The summed E-state index contributed by atoms with van der Waals surface area (Å²) < 4.78 is 1.88. The number of piperidine rings is 1. The molecule has 0 aromatic carbocycles. The van der Waals surface area contributed by atoms with Gasteiger partial charge in [-0.1, -0.05) is 6.92 Å². The third-order valence-corrected chi connectivity index (χ3v) is 4.09. The van der Waals surface area contributed by atoms with Crippen molar-refractivity contribution in [3.8, 4) is 0 Å². The van der Waals surface area contributed by atoms with Crippen LogP contribution >= 0.6 is 0 Å². The number of hydrogen-bond donors (Lipinski definition) is 1. The van der Waals surface area contributed by atoms with Crippen molar-refractivity contribution >= 4 is 11.0 Å². The standard InChI is InChI=1S/C14H20N4/c1-10-11-5-6-12(16-13(11)18(3)17-10)14(2)7-4-8-15-9-14/h5-6,15H,4,7-9H2,1-3H3. The second-order valence-corrected chi connectivity index (χ2v) is 5.62. The van der Waals surface area contributed by atoms with Crippen LogP contribution in [-0.4, -0.2) is 27.9 Å². The zero-order valence-corrected chi connectivity index (χ0v) is 11.3. The largest absolute Gasteiger partial charge is 0.316 e. The van der Waals surface area contributed by atoms with Gasteiger partial charge in [-0.2, -0.15) is 5.10 Å². The number of nitrogens with zero attached hydrogens (tertiary/aromatic N) is 3. The number of aryl methyl sites for hydroxylation is 2. The highest BCUT2D eigenvalue weighted by atomic mass is 15.3. The SMILES string of the molecule is Cc1nn(C)c2nc(C3(C)CCCNC3)ccc12. The molecule has 1 fully saturated rings. The second-order valence-electron chi connectivity index (χ2n) is 5.62. The Hall–Kier alpha value is -1.42. The maximum absolute atomic E-state index is 4.85. The van der Waals surface area contributed by atoms with Gasteiger partial charge >= 0.3 is 0 Å². The van der Waals surface area contributed by atoms with Crippen molar-refractivity contribution in [2.75, 3.05) is 13.1 Å². The molecule has 0 aliphatic carbocycles. The lowest BCUT2D eigenvalue weighted by molar-refractivity contribution is 0.332. The van der Waals surface area contributed by atoms with Gasteiger partial charge < -0.3 is 5.32 Å². The maximum atomic E-state index is 4.85. The highest BCUT2D eigenvalue weighted by molar-refractivity contribution is 5.78. The predicted octanol–water partition coefficient (Wildman–Crippen LogP) is 1.92. The molecule has 1 atom stereocenters. The van der Waals surface area contributed by atoms with Crippen LogP contribution in [0, 0.1) is 6.92 Å². The van der Waals surface area contributed by atoms with Crippen molar-refractivity contribution in [3.05, 3.63) is 23.5 Å². The molecule has 1 N–H and O–H groups in total.